The fourth-order valence-corrected chi connectivity index (χ4v) is 3.91. The first-order chi connectivity index (χ1) is 11.5. The van der Waals surface area contributed by atoms with Gasteiger partial charge in [-0.3, -0.25) is 9.59 Å². The van der Waals surface area contributed by atoms with Crippen LogP contribution in [0.25, 0.3) is 0 Å². The van der Waals surface area contributed by atoms with E-state index in [4.69, 9.17) is 0 Å². The summed E-state index contributed by atoms with van der Waals surface area (Å²) in [6.07, 6.45) is 7.64. The van der Waals surface area contributed by atoms with Crippen molar-refractivity contribution in [3.8, 4) is 0 Å². The minimum Gasteiger partial charge on any atom is -0.343 e. The summed E-state index contributed by atoms with van der Waals surface area (Å²) in [5.74, 6) is 2.22. The second kappa shape index (κ2) is 7.36. The minimum atomic E-state index is 0.105. The van der Waals surface area contributed by atoms with Crippen molar-refractivity contribution in [2.24, 2.45) is 11.8 Å². The number of amides is 2. The van der Waals surface area contributed by atoms with Gasteiger partial charge in [-0.1, -0.05) is 0 Å². The third-order valence-electron chi connectivity index (χ3n) is 5.59. The van der Waals surface area contributed by atoms with Gasteiger partial charge in [0.05, 0.1) is 0 Å². The summed E-state index contributed by atoms with van der Waals surface area (Å²) in [5.41, 5.74) is 0. The van der Waals surface area contributed by atoms with Gasteiger partial charge in [-0.15, -0.1) is 0 Å². The molecule has 0 N–H and O–H groups in total. The fourth-order valence-electron chi connectivity index (χ4n) is 3.91. The van der Waals surface area contributed by atoms with Crippen molar-refractivity contribution < 1.29 is 9.59 Å². The van der Waals surface area contributed by atoms with Crippen LogP contribution < -0.4 is 0 Å². The largest absolute Gasteiger partial charge is 0.343 e. The van der Waals surface area contributed by atoms with Crippen molar-refractivity contribution >= 4 is 11.8 Å². The Morgan fingerprint density at radius 3 is 2.25 bits per heavy atom. The summed E-state index contributed by atoms with van der Waals surface area (Å²) in [5, 5.41) is 0. The zero-order valence-electron chi connectivity index (χ0n) is 14.8. The lowest BCUT2D eigenvalue weighted by Gasteiger charge is -2.37. The Morgan fingerprint density at radius 2 is 1.71 bits per heavy atom. The maximum atomic E-state index is 12.7. The van der Waals surface area contributed by atoms with Gasteiger partial charge in [-0.05, 0) is 38.5 Å². The first kappa shape index (κ1) is 17.0. The Bertz CT molecular complexity index is 582. The summed E-state index contributed by atoms with van der Waals surface area (Å²) >= 11 is 0. The first-order valence-electron chi connectivity index (χ1n) is 9.06. The molecular weight excluding hydrogens is 304 g/mol. The van der Waals surface area contributed by atoms with Gasteiger partial charge < -0.3 is 14.4 Å². The number of piperidine rings is 2. The highest BCUT2D eigenvalue weighted by molar-refractivity contribution is 5.79. The molecule has 3 heterocycles. The molecule has 0 radical (unpaired) electrons. The van der Waals surface area contributed by atoms with Crippen LogP contribution in [0.15, 0.2) is 12.4 Å². The fraction of sp³-hybridized carbons (Fsp3) is 0.722. The molecule has 2 aliphatic rings. The van der Waals surface area contributed by atoms with Gasteiger partial charge in [0.2, 0.25) is 11.8 Å². The number of nitrogens with zero attached hydrogens (tertiary/aromatic N) is 4. The standard InChI is InChI=1S/C18H28N4O2/c1-14-19-7-12-22(14)13-16-3-8-21(9-4-16)18(24)17-5-10-20(11-6-17)15(2)23/h7,12,16-17H,3-6,8-11,13H2,1-2H3. The van der Waals surface area contributed by atoms with E-state index in [0.29, 0.717) is 11.8 Å². The van der Waals surface area contributed by atoms with Crippen LogP contribution in [0.4, 0.5) is 0 Å². The highest BCUT2D eigenvalue weighted by Crippen LogP contribution is 2.25. The van der Waals surface area contributed by atoms with Gasteiger partial charge in [0.15, 0.2) is 0 Å². The van der Waals surface area contributed by atoms with Crippen LogP contribution in [0.1, 0.15) is 38.4 Å². The second-order valence-corrected chi connectivity index (χ2v) is 7.18. The molecule has 6 heteroatoms. The molecule has 6 nitrogen and oxygen atoms in total. The van der Waals surface area contributed by atoms with Crippen molar-refractivity contribution in [3.05, 3.63) is 18.2 Å². The average molecular weight is 332 g/mol. The molecule has 3 rings (SSSR count). The maximum Gasteiger partial charge on any atom is 0.225 e. The summed E-state index contributed by atoms with van der Waals surface area (Å²) in [7, 11) is 0. The Balaban J connectivity index is 1.45. The predicted molar refractivity (Wildman–Crippen MR) is 91.2 cm³/mol. The van der Waals surface area contributed by atoms with Gasteiger partial charge in [0.25, 0.3) is 0 Å². The molecule has 2 fully saturated rings. The van der Waals surface area contributed by atoms with Crippen LogP contribution in [0, 0.1) is 18.8 Å². The Hall–Kier alpha value is -1.85. The molecule has 132 valence electrons. The zero-order valence-corrected chi connectivity index (χ0v) is 14.8. The van der Waals surface area contributed by atoms with Crippen molar-refractivity contribution in [3.63, 3.8) is 0 Å². The number of aromatic nitrogens is 2. The summed E-state index contributed by atoms with van der Waals surface area (Å²) < 4.78 is 2.21. The maximum absolute atomic E-state index is 12.7. The molecule has 1 aromatic heterocycles. The quantitative estimate of drug-likeness (QED) is 0.846. The molecule has 0 unspecified atom stereocenters. The third kappa shape index (κ3) is 3.79. The number of likely N-dealkylation sites (tertiary alicyclic amines) is 2. The monoisotopic (exact) mass is 332 g/mol. The predicted octanol–water partition coefficient (Wildman–Crippen LogP) is 1.69. The SMILES string of the molecule is CC(=O)N1CCC(C(=O)N2CCC(Cn3ccnc3C)CC2)CC1. The van der Waals surface area contributed by atoms with E-state index < -0.39 is 0 Å². The normalized spacial score (nSPS) is 20.4. The second-order valence-electron chi connectivity index (χ2n) is 7.18. The van der Waals surface area contributed by atoms with Crippen LogP contribution >= 0.6 is 0 Å². The molecule has 0 bridgehead atoms. The van der Waals surface area contributed by atoms with Crippen molar-refractivity contribution in [2.75, 3.05) is 26.2 Å². The molecule has 24 heavy (non-hydrogen) atoms. The lowest BCUT2D eigenvalue weighted by molar-refractivity contribution is -0.141. The summed E-state index contributed by atoms with van der Waals surface area (Å²) in [6.45, 7) is 7.82. The van der Waals surface area contributed by atoms with E-state index in [2.05, 4.69) is 9.55 Å². The number of carbonyl (C=O) groups is 2. The number of aryl methyl sites for hydroxylation is 1. The van der Waals surface area contributed by atoms with E-state index in [-0.39, 0.29) is 11.8 Å². The average Bonchev–Trinajstić information content (AvgIpc) is 3.00. The van der Waals surface area contributed by atoms with Crippen LogP contribution in [0.2, 0.25) is 0 Å². The van der Waals surface area contributed by atoms with Gasteiger partial charge in [0.1, 0.15) is 5.82 Å². The van der Waals surface area contributed by atoms with E-state index in [1.54, 1.807) is 6.92 Å². The lowest BCUT2D eigenvalue weighted by atomic mass is 9.92. The Labute approximate surface area is 143 Å². The van der Waals surface area contributed by atoms with Crippen molar-refractivity contribution in [1.29, 1.82) is 0 Å². The van der Waals surface area contributed by atoms with Crippen LogP contribution in [-0.4, -0.2) is 57.3 Å². The molecule has 2 saturated heterocycles. The van der Waals surface area contributed by atoms with E-state index in [0.717, 1.165) is 64.2 Å². The molecule has 0 atom stereocenters. The molecule has 0 spiro atoms. The molecule has 2 amide bonds. The number of rotatable bonds is 3. The topological polar surface area (TPSA) is 58.4 Å². The van der Waals surface area contributed by atoms with Crippen LogP contribution in [0.5, 0.6) is 0 Å². The molecule has 0 aliphatic carbocycles. The van der Waals surface area contributed by atoms with Crippen LogP contribution in [0.3, 0.4) is 0 Å². The van der Waals surface area contributed by atoms with E-state index in [1.165, 1.54) is 0 Å². The van der Waals surface area contributed by atoms with Crippen molar-refractivity contribution in [2.45, 2.75) is 46.1 Å². The highest BCUT2D eigenvalue weighted by atomic mass is 16.2. The highest BCUT2D eigenvalue weighted by Gasteiger charge is 2.31. The summed E-state index contributed by atoms with van der Waals surface area (Å²) in [4.78, 5) is 32.3. The number of carbonyl (C=O) groups excluding carboxylic acids is 2. The first-order valence-corrected chi connectivity index (χ1v) is 9.06. The van der Waals surface area contributed by atoms with Gasteiger partial charge in [-0.25, -0.2) is 4.98 Å². The Morgan fingerprint density at radius 1 is 1.08 bits per heavy atom. The molecule has 2 aliphatic heterocycles. The number of hydrogen-bond donors (Lipinski definition) is 0. The molecule has 0 saturated carbocycles. The van der Waals surface area contributed by atoms with Crippen LogP contribution in [-0.2, 0) is 16.1 Å². The van der Waals surface area contributed by atoms with E-state index in [1.807, 2.05) is 29.1 Å². The van der Waals surface area contributed by atoms with Gasteiger partial charge in [-0.2, -0.15) is 0 Å². The van der Waals surface area contributed by atoms with Gasteiger partial charge in [0, 0.05) is 58.0 Å². The van der Waals surface area contributed by atoms with Crippen molar-refractivity contribution in [1.82, 2.24) is 19.4 Å². The molecule has 1 aromatic rings. The lowest BCUT2D eigenvalue weighted by Crippen LogP contribution is -2.46. The summed E-state index contributed by atoms with van der Waals surface area (Å²) in [6, 6.07) is 0. The number of imidazole rings is 1. The molecule has 0 aromatic carbocycles. The smallest absolute Gasteiger partial charge is 0.225 e. The minimum absolute atomic E-state index is 0.105. The zero-order chi connectivity index (χ0) is 17.1. The van der Waals surface area contributed by atoms with E-state index >= 15 is 0 Å². The molecular formula is C18H28N4O2. The van der Waals surface area contributed by atoms with E-state index in [9.17, 15) is 9.59 Å². The Kier molecular flexibility index (Phi) is 5.21. The number of hydrogen-bond acceptors (Lipinski definition) is 3. The van der Waals surface area contributed by atoms with Gasteiger partial charge >= 0.3 is 0 Å². The third-order valence-corrected chi connectivity index (χ3v) is 5.59.